The van der Waals surface area contributed by atoms with Crippen LogP contribution in [0.5, 0.6) is 0 Å². The predicted octanol–water partition coefficient (Wildman–Crippen LogP) is 5.06. The second-order valence-corrected chi connectivity index (χ2v) is 10.2. The third-order valence-electron chi connectivity index (χ3n) is 5.55. The molecule has 1 fully saturated rings. The molecule has 0 amide bonds. The average molecular weight is 294 g/mol. The first-order valence-corrected chi connectivity index (χ1v) is 8.23. The van der Waals surface area contributed by atoms with E-state index in [0.29, 0.717) is 0 Å². The molecule has 3 aliphatic rings. The molecule has 1 saturated carbocycles. The molecule has 0 aromatic rings. The van der Waals surface area contributed by atoms with Gasteiger partial charge in [0.25, 0.3) is 0 Å². The highest BCUT2D eigenvalue weighted by molar-refractivity contribution is 8.02. The number of azo groups is 2. The van der Waals surface area contributed by atoms with Crippen LogP contribution < -0.4 is 0 Å². The molecule has 4 nitrogen and oxygen atoms in total. The van der Waals surface area contributed by atoms with E-state index in [9.17, 15) is 0 Å². The van der Waals surface area contributed by atoms with E-state index < -0.39 is 0 Å². The van der Waals surface area contributed by atoms with E-state index in [2.05, 4.69) is 65.6 Å². The third-order valence-corrected chi connectivity index (χ3v) is 8.41. The average Bonchev–Trinajstić information content (AvgIpc) is 2.76. The third kappa shape index (κ3) is 1.27. The topological polar surface area (TPSA) is 49.4 Å². The second kappa shape index (κ2) is 3.31. The molecule has 0 saturated heterocycles. The first kappa shape index (κ1) is 14.5. The summed E-state index contributed by atoms with van der Waals surface area (Å²) in [6.07, 6.45) is 1.18. The smallest absolute Gasteiger partial charge is 0.181 e. The number of rotatable bonds is 0. The van der Waals surface area contributed by atoms with Crippen LogP contribution in [-0.2, 0) is 0 Å². The van der Waals surface area contributed by atoms with E-state index >= 15 is 0 Å². The van der Waals surface area contributed by atoms with E-state index in [1.54, 1.807) is 0 Å². The van der Waals surface area contributed by atoms with E-state index in [4.69, 9.17) is 10.2 Å². The number of thioether (sulfide) groups is 1. The minimum absolute atomic E-state index is 0.149. The lowest BCUT2D eigenvalue weighted by Crippen LogP contribution is -2.65. The van der Waals surface area contributed by atoms with Crippen LogP contribution >= 0.6 is 11.8 Å². The van der Waals surface area contributed by atoms with Crippen molar-refractivity contribution in [1.82, 2.24) is 0 Å². The Labute approximate surface area is 126 Å². The molecule has 2 aliphatic heterocycles. The van der Waals surface area contributed by atoms with Crippen LogP contribution in [0.25, 0.3) is 0 Å². The summed E-state index contributed by atoms with van der Waals surface area (Å²) < 4.78 is 0. The standard InChI is InChI=1S/C15H26N4S/c1-10(2)9-11(3,4)14(10)18-19-15(20-14)12(5,6)16-17-13(15,7)8/h9H2,1-8H3. The Morgan fingerprint density at radius 3 is 1.35 bits per heavy atom. The van der Waals surface area contributed by atoms with E-state index in [-0.39, 0.29) is 31.6 Å². The van der Waals surface area contributed by atoms with Crippen LogP contribution in [0.3, 0.4) is 0 Å². The Kier molecular flexibility index (Phi) is 2.40. The number of hydrogen-bond acceptors (Lipinski definition) is 5. The summed E-state index contributed by atoms with van der Waals surface area (Å²) in [5, 5.41) is 18.8. The second-order valence-electron chi connectivity index (χ2n) is 8.85. The maximum absolute atomic E-state index is 4.87. The summed E-state index contributed by atoms with van der Waals surface area (Å²) in [5.74, 6) is 0. The van der Waals surface area contributed by atoms with Crippen molar-refractivity contribution >= 4 is 11.8 Å². The molecule has 0 aromatic carbocycles. The fourth-order valence-electron chi connectivity index (χ4n) is 4.72. The van der Waals surface area contributed by atoms with Crippen molar-refractivity contribution in [2.45, 2.75) is 82.6 Å². The maximum Gasteiger partial charge on any atom is 0.181 e. The van der Waals surface area contributed by atoms with Crippen LogP contribution in [0.1, 0.15) is 61.8 Å². The van der Waals surface area contributed by atoms with Crippen molar-refractivity contribution in [2.24, 2.45) is 31.3 Å². The van der Waals surface area contributed by atoms with E-state index in [1.165, 1.54) is 6.42 Å². The van der Waals surface area contributed by atoms with Gasteiger partial charge in [-0.3, -0.25) is 0 Å². The van der Waals surface area contributed by atoms with Gasteiger partial charge in [-0.05, 0) is 34.1 Å². The molecule has 1 aliphatic carbocycles. The Morgan fingerprint density at radius 2 is 1.00 bits per heavy atom. The molecule has 0 atom stereocenters. The molecule has 2 spiro atoms. The highest BCUT2D eigenvalue weighted by Gasteiger charge is 2.77. The minimum Gasteiger partial charge on any atom is -0.184 e. The lowest BCUT2D eigenvalue weighted by Gasteiger charge is -2.63. The Bertz CT molecular complexity index is 496. The fourth-order valence-corrected chi connectivity index (χ4v) is 6.59. The quantitative estimate of drug-likeness (QED) is 0.616. The van der Waals surface area contributed by atoms with Crippen molar-refractivity contribution in [3.63, 3.8) is 0 Å². The van der Waals surface area contributed by atoms with Gasteiger partial charge in [0.05, 0.1) is 0 Å². The van der Waals surface area contributed by atoms with Crippen molar-refractivity contribution in [1.29, 1.82) is 0 Å². The summed E-state index contributed by atoms with van der Waals surface area (Å²) in [4.78, 5) is -0.529. The van der Waals surface area contributed by atoms with Gasteiger partial charge in [-0.2, -0.15) is 20.5 Å². The molecule has 0 unspecified atom stereocenters. The van der Waals surface area contributed by atoms with Gasteiger partial charge in [-0.1, -0.05) is 39.5 Å². The van der Waals surface area contributed by atoms with Crippen LogP contribution in [0.2, 0.25) is 0 Å². The Hall–Kier alpha value is -0.450. The summed E-state index contributed by atoms with van der Waals surface area (Å²) in [6.45, 7) is 17.8. The Morgan fingerprint density at radius 1 is 0.600 bits per heavy atom. The van der Waals surface area contributed by atoms with Crippen LogP contribution in [-0.4, -0.2) is 20.8 Å². The van der Waals surface area contributed by atoms with Crippen LogP contribution in [0.15, 0.2) is 20.5 Å². The SMILES string of the molecule is CC1(C)CC(C)(C)C12N=NC1(S2)C(C)(C)N=NC1(C)C. The molecule has 0 radical (unpaired) electrons. The molecule has 0 N–H and O–H groups in total. The van der Waals surface area contributed by atoms with Crippen LogP contribution in [0, 0.1) is 10.8 Å². The first-order valence-electron chi connectivity index (χ1n) is 7.41. The maximum atomic E-state index is 4.87. The summed E-state index contributed by atoms with van der Waals surface area (Å²) >= 11 is 1.92. The van der Waals surface area contributed by atoms with Gasteiger partial charge in [0.2, 0.25) is 0 Å². The van der Waals surface area contributed by atoms with Crippen molar-refractivity contribution in [2.75, 3.05) is 0 Å². The van der Waals surface area contributed by atoms with Gasteiger partial charge in [-0.15, -0.1) is 0 Å². The number of hydrogen-bond donors (Lipinski definition) is 0. The fraction of sp³-hybridized carbons (Fsp3) is 1.00. The van der Waals surface area contributed by atoms with E-state index in [0.717, 1.165) is 0 Å². The van der Waals surface area contributed by atoms with Gasteiger partial charge in [-0.25, -0.2) is 0 Å². The van der Waals surface area contributed by atoms with Crippen molar-refractivity contribution < 1.29 is 0 Å². The molecule has 0 bridgehead atoms. The van der Waals surface area contributed by atoms with Gasteiger partial charge in [0, 0.05) is 10.8 Å². The summed E-state index contributed by atoms with van der Waals surface area (Å²) in [6, 6.07) is 0. The monoisotopic (exact) mass is 294 g/mol. The molecule has 0 aromatic heterocycles. The summed E-state index contributed by atoms with van der Waals surface area (Å²) in [5.41, 5.74) is -0.280. The zero-order chi connectivity index (χ0) is 15.2. The largest absolute Gasteiger partial charge is 0.184 e. The van der Waals surface area contributed by atoms with Crippen molar-refractivity contribution in [3.8, 4) is 0 Å². The molecule has 3 rings (SSSR count). The molecule has 5 heteroatoms. The minimum atomic E-state index is -0.380. The molecule has 20 heavy (non-hydrogen) atoms. The lowest BCUT2D eigenvalue weighted by molar-refractivity contribution is -0.0428. The van der Waals surface area contributed by atoms with E-state index in [1.807, 2.05) is 11.8 Å². The van der Waals surface area contributed by atoms with Gasteiger partial charge < -0.3 is 0 Å². The molecule has 2 heterocycles. The number of nitrogens with zero attached hydrogens (tertiary/aromatic N) is 4. The molecular formula is C15H26N4S. The summed E-state index contributed by atoms with van der Waals surface area (Å²) in [7, 11) is 0. The molecule has 112 valence electrons. The zero-order valence-electron chi connectivity index (χ0n) is 13.9. The highest BCUT2D eigenvalue weighted by atomic mass is 32.2. The van der Waals surface area contributed by atoms with Gasteiger partial charge >= 0.3 is 0 Å². The predicted molar refractivity (Wildman–Crippen MR) is 83.1 cm³/mol. The van der Waals surface area contributed by atoms with Crippen LogP contribution in [0.4, 0.5) is 0 Å². The first-order chi connectivity index (χ1) is 8.83. The van der Waals surface area contributed by atoms with Gasteiger partial charge in [0.1, 0.15) is 15.9 Å². The highest BCUT2D eigenvalue weighted by Crippen LogP contribution is 2.76. The zero-order valence-corrected chi connectivity index (χ0v) is 14.7. The van der Waals surface area contributed by atoms with Crippen molar-refractivity contribution in [3.05, 3.63) is 0 Å². The Balaban J connectivity index is 2.09. The lowest BCUT2D eigenvalue weighted by atomic mass is 9.51. The normalized spacial score (nSPS) is 35.6. The van der Waals surface area contributed by atoms with Gasteiger partial charge in [0.15, 0.2) is 4.87 Å². The molecular weight excluding hydrogens is 268 g/mol.